The molecule has 2 rings (SSSR count). The lowest BCUT2D eigenvalue weighted by atomic mass is 10.1. The number of rotatable bonds is 4. The highest BCUT2D eigenvalue weighted by Crippen LogP contribution is 2.15. The van der Waals surface area contributed by atoms with Gasteiger partial charge >= 0.3 is 0 Å². The molecule has 0 saturated carbocycles. The summed E-state index contributed by atoms with van der Waals surface area (Å²) in [6.07, 6.45) is 0. The Kier molecular flexibility index (Phi) is 5.06. The van der Waals surface area contributed by atoms with Crippen molar-refractivity contribution >= 4 is 21.7 Å². The molecule has 1 fully saturated rings. The molecule has 0 unspecified atom stereocenters. The summed E-state index contributed by atoms with van der Waals surface area (Å²) in [6.45, 7) is 5.22. The fourth-order valence-corrected chi connectivity index (χ4v) is 3.84. The Morgan fingerprint density at radius 2 is 1.70 bits per heavy atom. The minimum atomic E-state index is -3.75. The van der Waals surface area contributed by atoms with E-state index in [1.807, 2.05) is 13.8 Å². The van der Waals surface area contributed by atoms with E-state index in [1.54, 1.807) is 4.90 Å². The summed E-state index contributed by atoms with van der Waals surface area (Å²) in [5.74, 6) is -1.79. The van der Waals surface area contributed by atoms with E-state index in [1.165, 1.54) is 24.3 Å². The highest BCUT2D eigenvalue weighted by atomic mass is 32.2. The van der Waals surface area contributed by atoms with E-state index in [0.717, 1.165) is 0 Å². The normalized spacial score (nSPS) is 21.9. The van der Waals surface area contributed by atoms with Crippen LogP contribution >= 0.6 is 0 Å². The quantitative estimate of drug-likeness (QED) is 0.787. The molecule has 7 nitrogen and oxygen atoms in total. The highest BCUT2D eigenvalue weighted by Gasteiger charge is 2.26. The molecule has 0 aromatic heterocycles. The largest absolute Gasteiger partial charge is 0.369 e. The molecule has 1 heterocycles. The van der Waals surface area contributed by atoms with E-state index in [0.29, 0.717) is 18.7 Å². The Hall–Kier alpha value is -1.93. The van der Waals surface area contributed by atoms with Gasteiger partial charge in [0.15, 0.2) is 9.84 Å². The van der Waals surface area contributed by atoms with Crippen LogP contribution in [-0.4, -0.2) is 56.1 Å². The molecular weight excluding hydrogens is 318 g/mol. The van der Waals surface area contributed by atoms with Crippen LogP contribution in [0.3, 0.4) is 0 Å². The average Bonchev–Trinajstić information content (AvgIpc) is 2.44. The minimum Gasteiger partial charge on any atom is -0.369 e. The number of nitrogens with zero attached hydrogens (tertiary/aromatic N) is 1. The van der Waals surface area contributed by atoms with Crippen molar-refractivity contribution < 1.29 is 18.0 Å². The van der Waals surface area contributed by atoms with Crippen molar-refractivity contribution in [2.75, 3.05) is 18.8 Å². The molecule has 23 heavy (non-hydrogen) atoms. The molecule has 1 aromatic rings. The first-order chi connectivity index (χ1) is 10.7. The SMILES string of the molecule is C[C@H]1CN(C(=O)c2ccc(S(=O)(=O)CC(N)=O)cc2)C[C@H](C)N1. The fourth-order valence-electron chi connectivity index (χ4n) is 2.75. The maximum atomic E-state index is 12.5. The van der Waals surface area contributed by atoms with Crippen LogP contribution in [0, 0.1) is 0 Å². The van der Waals surface area contributed by atoms with Crippen LogP contribution in [0.2, 0.25) is 0 Å². The minimum absolute atomic E-state index is 0.0186. The van der Waals surface area contributed by atoms with Crippen molar-refractivity contribution in [1.29, 1.82) is 0 Å². The number of nitrogens with two attached hydrogens (primary N) is 1. The van der Waals surface area contributed by atoms with Gasteiger partial charge in [0.2, 0.25) is 5.91 Å². The maximum absolute atomic E-state index is 12.5. The summed E-state index contributed by atoms with van der Waals surface area (Å²) in [6, 6.07) is 6.01. The highest BCUT2D eigenvalue weighted by molar-refractivity contribution is 7.92. The first-order valence-electron chi connectivity index (χ1n) is 7.35. The van der Waals surface area contributed by atoms with Gasteiger partial charge in [-0.15, -0.1) is 0 Å². The van der Waals surface area contributed by atoms with Gasteiger partial charge in [0.25, 0.3) is 5.91 Å². The van der Waals surface area contributed by atoms with E-state index < -0.39 is 21.5 Å². The van der Waals surface area contributed by atoms with E-state index in [2.05, 4.69) is 5.32 Å². The summed E-state index contributed by atoms with van der Waals surface area (Å²) in [7, 11) is -3.75. The number of sulfone groups is 1. The van der Waals surface area contributed by atoms with Gasteiger partial charge in [0, 0.05) is 30.7 Å². The summed E-state index contributed by atoms with van der Waals surface area (Å²) in [5, 5.41) is 3.35. The Balaban J connectivity index is 2.16. The number of primary amides is 1. The average molecular weight is 339 g/mol. The van der Waals surface area contributed by atoms with Crippen molar-refractivity contribution in [2.24, 2.45) is 5.73 Å². The molecule has 1 aliphatic rings. The lowest BCUT2D eigenvalue weighted by Gasteiger charge is -2.36. The van der Waals surface area contributed by atoms with Gasteiger partial charge in [-0.25, -0.2) is 8.42 Å². The second-order valence-corrected chi connectivity index (χ2v) is 7.92. The monoisotopic (exact) mass is 339 g/mol. The van der Waals surface area contributed by atoms with Crippen molar-refractivity contribution in [3.63, 3.8) is 0 Å². The van der Waals surface area contributed by atoms with Crippen molar-refractivity contribution in [3.05, 3.63) is 29.8 Å². The van der Waals surface area contributed by atoms with Gasteiger partial charge < -0.3 is 16.0 Å². The second kappa shape index (κ2) is 6.67. The topological polar surface area (TPSA) is 110 Å². The standard InChI is InChI=1S/C15H21N3O4S/c1-10-7-18(8-11(2)17-10)15(20)12-3-5-13(6-4-12)23(21,22)9-14(16)19/h3-6,10-11,17H,7-9H2,1-2H3,(H2,16,19)/t10-,11-/m0/s1. The van der Waals surface area contributed by atoms with Crippen molar-refractivity contribution in [1.82, 2.24) is 10.2 Å². The number of carbonyl (C=O) groups excluding carboxylic acids is 2. The number of piperazine rings is 1. The van der Waals surface area contributed by atoms with Crippen LogP contribution < -0.4 is 11.1 Å². The fraction of sp³-hybridized carbons (Fsp3) is 0.467. The van der Waals surface area contributed by atoms with Gasteiger partial charge in [-0.3, -0.25) is 9.59 Å². The molecule has 2 atom stereocenters. The van der Waals surface area contributed by atoms with Gasteiger partial charge in [0.05, 0.1) is 4.90 Å². The zero-order valence-electron chi connectivity index (χ0n) is 13.2. The molecule has 8 heteroatoms. The molecule has 0 radical (unpaired) electrons. The number of nitrogens with one attached hydrogen (secondary N) is 1. The van der Waals surface area contributed by atoms with Crippen LogP contribution in [0.5, 0.6) is 0 Å². The zero-order chi connectivity index (χ0) is 17.2. The van der Waals surface area contributed by atoms with Crippen molar-refractivity contribution in [3.8, 4) is 0 Å². The Morgan fingerprint density at radius 1 is 1.17 bits per heavy atom. The maximum Gasteiger partial charge on any atom is 0.253 e. The Morgan fingerprint density at radius 3 is 2.17 bits per heavy atom. The first kappa shape index (κ1) is 17.4. The molecular formula is C15H21N3O4S. The number of benzene rings is 1. The van der Waals surface area contributed by atoms with E-state index in [9.17, 15) is 18.0 Å². The van der Waals surface area contributed by atoms with E-state index >= 15 is 0 Å². The number of hydrogen-bond acceptors (Lipinski definition) is 5. The summed E-state index contributed by atoms with van der Waals surface area (Å²) in [5.41, 5.74) is 5.35. The van der Waals surface area contributed by atoms with Gasteiger partial charge in [0.1, 0.15) is 5.75 Å². The number of amides is 2. The molecule has 0 bridgehead atoms. The molecule has 126 valence electrons. The Labute approximate surface area is 135 Å². The molecule has 1 aromatic carbocycles. The van der Waals surface area contributed by atoms with E-state index in [-0.39, 0.29) is 22.9 Å². The van der Waals surface area contributed by atoms with Gasteiger partial charge in [-0.2, -0.15) is 0 Å². The molecule has 1 aliphatic heterocycles. The molecule has 0 spiro atoms. The lowest BCUT2D eigenvalue weighted by molar-refractivity contribution is -0.115. The van der Waals surface area contributed by atoms with Crippen LogP contribution in [0.1, 0.15) is 24.2 Å². The lowest BCUT2D eigenvalue weighted by Crippen LogP contribution is -2.55. The van der Waals surface area contributed by atoms with Crippen molar-refractivity contribution in [2.45, 2.75) is 30.8 Å². The second-order valence-electron chi connectivity index (χ2n) is 5.93. The predicted molar refractivity (Wildman–Crippen MR) is 85.7 cm³/mol. The Bertz CT molecular complexity index is 690. The smallest absolute Gasteiger partial charge is 0.253 e. The van der Waals surface area contributed by atoms with Gasteiger partial charge in [-0.05, 0) is 38.1 Å². The molecule has 2 amide bonds. The van der Waals surface area contributed by atoms with Crippen LogP contribution in [0.25, 0.3) is 0 Å². The van der Waals surface area contributed by atoms with E-state index in [4.69, 9.17) is 5.73 Å². The number of hydrogen-bond donors (Lipinski definition) is 2. The predicted octanol–water partition coefficient (Wildman–Crippen LogP) is -0.232. The summed E-state index contributed by atoms with van der Waals surface area (Å²) < 4.78 is 23.8. The van der Waals surface area contributed by atoms with Crippen LogP contribution in [-0.2, 0) is 14.6 Å². The number of carbonyl (C=O) groups is 2. The first-order valence-corrected chi connectivity index (χ1v) is 9.00. The third-order valence-electron chi connectivity index (χ3n) is 3.64. The zero-order valence-corrected chi connectivity index (χ0v) is 14.0. The third kappa shape index (κ3) is 4.29. The third-order valence-corrected chi connectivity index (χ3v) is 5.29. The molecule has 1 saturated heterocycles. The summed E-state index contributed by atoms with van der Waals surface area (Å²) in [4.78, 5) is 25.0. The van der Waals surface area contributed by atoms with Gasteiger partial charge in [-0.1, -0.05) is 0 Å². The summed E-state index contributed by atoms with van der Waals surface area (Å²) >= 11 is 0. The molecule has 0 aliphatic carbocycles. The van der Waals surface area contributed by atoms with Crippen LogP contribution in [0.15, 0.2) is 29.2 Å². The molecule has 3 N–H and O–H groups in total. The van der Waals surface area contributed by atoms with Crippen LogP contribution in [0.4, 0.5) is 0 Å².